The minimum atomic E-state index is -0.835. The van der Waals surface area contributed by atoms with Crippen LogP contribution in [0.15, 0.2) is 0 Å². The molecule has 1 unspecified atom stereocenters. The molecule has 0 spiro atoms. The summed E-state index contributed by atoms with van der Waals surface area (Å²) in [5.74, 6) is -0.716. The van der Waals surface area contributed by atoms with Gasteiger partial charge < -0.3 is 10.0 Å². The molecule has 1 N–H and O–H groups in total. The van der Waals surface area contributed by atoms with Crippen molar-refractivity contribution >= 4 is 11.9 Å². The van der Waals surface area contributed by atoms with E-state index in [0.717, 1.165) is 25.8 Å². The molecule has 104 valence electrons. The molecule has 1 amide bonds. The largest absolute Gasteiger partial charge is 0.481 e. The van der Waals surface area contributed by atoms with E-state index in [1.807, 2.05) is 18.7 Å². The highest BCUT2D eigenvalue weighted by molar-refractivity contribution is 5.78. The van der Waals surface area contributed by atoms with Gasteiger partial charge in [-0.3, -0.25) is 9.59 Å². The lowest BCUT2D eigenvalue weighted by atomic mass is 9.84. The molecule has 0 bridgehead atoms. The van der Waals surface area contributed by atoms with Crippen LogP contribution < -0.4 is 0 Å². The van der Waals surface area contributed by atoms with Crippen molar-refractivity contribution in [2.24, 2.45) is 5.41 Å². The van der Waals surface area contributed by atoms with Crippen LogP contribution in [0.3, 0.4) is 0 Å². The Kier molecular flexibility index (Phi) is 5.17. The summed E-state index contributed by atoms with van der Waals surface area (Å²) in [5, 5.41) is 8.85. The minimum Gasteiger partial charge on any atom is -0.481 e. The molecule has 4 heteroatoms. The van der Waals surface area contributed by atoms with Gasteiger partial charge in [-0.1, -0.05) is 20.8 Å². The molecule has 1 rings (SSSR count). The second kappa shape index (κ2) is 6.21. The van der Waals surface area contributed by atoms with Gasteiger partial charge in [-0.15, -0.1) is 0 Å². The zero-order valence-electron chi connectivity index (χ0n) is 11.7. The summed E-state index contributed by atoms with van der Waals surface area (Å²) < 4.78 is 0. The van der Waals surface area contributed by atoms with Gasteiger partial charge in [0.2, 0.25) is 5.91 Å². The van der Waals surface area contributed by atoms with Gasteiger partial charge in [-0.2, -0.15) is 0 Å². The van der Waals surface area contributed by atoms with Crippen molar-refractivity contribution in [2.75, 3.05) is 6.54 Å². The predicted molar refractivity (Wildman–Crippen MR) is 70.3 cm³/mol. The molecule has 1 aliphatic rings. The summed E-state index contributed by atoms with van der Waals surface area (Å²) in [6.45, 7) is 6.65. The summed E-state index contributed by atoms with van der Waals surface area (Å²) in [7, 11) is 0. The highest BCUT2D eigenvalue weighted by atomic mass is 16.4. The van der Waals surface area contributed by atoms with Crippen LogP contribution in [0.25, 0.3) is 0 Å². The molecule has 1 aliphatic heterocycles. The van der Waals surface area contributed by atoms with Crippen molar-refractivity contribution in [1.82, 2.24) is 4.90 Å². The average molecular weight is 255 g/mol. The molecule has 1 heterocycles. The Morgan fingerprint density at radius 3 is 2.50 bits per heavy atom. The molecule has 0 saturated carbocycles. The number of piperidine rings is 1. The fourth-order valence-electron chi connectivity index (χ4n) is 2.74. The van der Waals surface area contributed by atoms with Crippen molar-refractivity contribution in [3.05, 3.63) is 0 Å². The molecule has 1 saturated heterocycles. The van der Waals surface area contributed by atoms with Gasteiger partial charge in [-0.25, -0.2) is 0 Å². The Morgan fingerprint density at radius 1 is 1.28 bits per heavy atom. The van der Waals surface area contributed by atoms with Gasteiger partial charge in [0.25, 0.3) is 0 Å². The first-order valence-corrected chi connectivity index (χ1v) is 6.87. The fraction of sp³-hybridized carbons (Fsp3) is 0.857. The van der Waals surface area contributed by atoms with Crippen molar-refractivity contribution in [2.45, 2.75) is 65.3 Å². The van der Waals surface area contributed by atoms with Crippen LogP contribution in [0.5, 0.6) is 0 Å². The first kappa shape index (κ1) is 15.0. The molecule has 1 fully saturated rings. The van der Waals surface area contributed by atoms with Gasteiger partial charge >= 0.3 is 5.97 Å². The molecule has 18 heavy (non-hydrogen) atoms. The smallest absolute Gasteiger partial charge is 0.303 e. The van der Waals surface area contributed by atoms with Gasteiger partial charge in [0.15, 0.2) is 0 Å². The molecule has 0 radical (unpaired) electrons. The number of rotatable bonds is 5. The van der Waals surface area contributed by atoms with Crippen molar-refractivity contribution in [3.8, 4) is 0 Å². The van der Waals surface area contributed by atoms with Gasteiger partial charge in [-0.05, 0) is 31.1 Å². The van der Waals surface area contributed by atoms with E-state index in [-0.39, 0.29) is 12.3 Å². The number of amides is 1. The maximum Gasteiger partial charge on any atom is 0.303 e. The van der Waals surface area contributed by atoms with Gasteiger partial charge in [0.05, 0.1) is 6.42 Å². The highest BCUT2D eigenvalue weighted by Gasteiger charge is 2.31. The first-order valence-electron chi connectivity index (χ1n) is 6.87. The molecule has 0 aromatic heterocycles. The van der Waals surface area contributed by atoms with E-state index in [4.69, 9.17) is 5.11 Å². The lowest BCUT2D eigenvalue weighted by molar-refractivity contribution is -0.141. The molecular weight excluding hydrogens is 230 g/mol. The van der Waals surface area contributed by atoms with Crippen molar-refractivity contribution in [1.29, 1.82) is 0 Å². The second-order valence-electron chi connectivity index (χ2n) is 6.06. The number of hydrogen-bond donors (Lipinski definition) is 1. The summed E-state index contributed by atoms with van der Waals surface area (Å²) in [4.78, 5) is 25.0. The first-order chi connectivity index (χ1) is 8.35. The van der Waals surface area contributed by atoms with Crippen LogP contribution in [-0.4, -0.2) is 34.5 Å². The second-order valence-corrected chi connectivity index (χ2v) is 6.06. The van der Waals surface area contributed by atoms with Gasteiger partial charge in [0.1, 0.15) is 0 Å². The number of hydrogen-bond acceptors (Lipinski definition) is 2. The summed E-state index contributed by atoms with van der Waals surface area (Å²) in [5.41, 5.74) is -0.460. The quantitative estimate of drug-likeness (QED) is 0.821. The van der Waals surface area contributed by atoms with E-state index >= 15 is 0 Å². The van der Waals surface area contributed by atoms with Crippen LogP contribution >= 0.6 is 0 Å². The summed E-state index contributed by atoms with van der Waals surface area (Å²) in [6, 6.07) is 0.354. The highest BCUT2D eigenvalue weighted by Crippen LogP contribution is 2.28. The lowest BCUT2D eigenvalue weighted by Gasteiger charge is -2.37. The van der Waals surface area contributed by atoms with E-state index in [1.165, 1.54) is 6.42 Å². The molecule has 0 aromatic carbocycles. The Balaban J connectivity index is 2.60. The average Bonchev–Trinajstić information content (AvgIpc) is 2.26. The summed E-state index contributed by atoms with van der Waals surface area (Å²) >= 11 is 0. The number of likely N-dealkylation sites (tertiary alicyclic amines) is 1. The SMILES string of the molecule is CCC1CCCCN1C(=O)CC(C)(C)CC(=O)O. The summed E-state index contributed by atoms with van der Waals surface area (Å²) in [6.07, 6.45) is 4.72. The van der Waals surface area contributed by atoms with E-state index in [9.17, 15) is 9.59 Å². The topological polar surface area (TPSA) is 57.6 Å². The predicted octanol–water partition coefficient (Wildman–Crippen LogP) is 2.67. The van der Waals surface area contributed by atoms with E-state index < -0.39 is 11.4 Å². The third kappa shape index (κ3) is 4.31. The van der Waals surface area contributed by atoms with Crippen LogP contribution in [-0.2, 0) is 9.59 Å². The maximum atomic E-state index is 12.3. The minimum absolute atomic E-state index is 0.0450. The Labute approximate surface area is 109 Å². The zero-order valence-corrected chi connectivity index (χ0v) is 11.7. The van der Waals surface area contributed by atoms with Crippen molar-refractivity contribution < 1.29 is 14.7 Å². The molecular formula is C14H25NO3. The van der Waals surface area contributed by atoms with Crippen LogP contribution in [0.4, 0.5) is 0 Å². The lowest BCUT2D eigenvalue weighted by Crippen LogP contribution is -2.44. The maximum absolute atomic E-state index is 12.3. The number of aliphatic carboxylic acids is 1. The normalized spacial score (nSPS) is 20.8. The number of carboxylic acid groups (broad SMARTS) is 1. The molecule has 0 aromatic rings. The monoisotopic (exact) mass is 255 g/mol. The van der Waals surface area contributed by atoms with Crippen LogP contribution in [0.2, 0.25) is 0 Å². The Hall–Kier alpha value is -1.06. The van der Waals surface area contributed by atoms with Gasteiger partial charge in [0, 0.05) is 19.0 Å². The Morgan fingerprint density at radius 2 is 1.94 bits per heavy atom. The Bertz CT molecular complexity index is 312. The van der Waals surface area contributed by atoms with E-state index in [2.05, 4.69) is 6.92 Å². The third-order valence-corrected chi connectivity index (χ3v) is 3.68. The third-order valence-electron chi connectivity index (χ3n) is 3.68. The number of carbonyl (C=O) groups is 2. The number of nitrogens with zero attached hydrogens (tertiary/aromatic N) is 1. The molecule has 0 aliphatic carbocycles. The molecule has 4 nitrogen and oxygen atoms in total. The van der Waals surface area contributed by atoms with Crippen LogP contribution in [0.1, 0.15) is 59.3 Å². The number of carbonyl (C=O) groups excluding carboxylic acids is 1. The molecule has 1 atom stereocenters. The van der Waals surface area contributed by atoms with E-state index in [0.29, 0.717) is 12.5 Å². The van der Waals surface area contributed by atoms with Crippen LogP contribution in [0, 0.1) is 5.41 Å². The number of carboxylic acids is 1. The standard InChI is InChI=1S/C14H25NO3/c1-4-11-7-5-6-8-15(11)12(16)9-14(2,3)10-13(17)18/h11H,4-10H2,1-3H3,(H,17,18). The van der Waals surface area contributed by atoms with Crippen molar-refractivity contribution in [3.63, 3.8) is 0 Å². The zero-order chi connectivity index (χ0) is 13.8. The fourth-order valence-corrected chi connectivity index (χ4v) is 2.74. The van der Waals surface area contributed by atoms with E-state index in [1.54, 1.807) is 0 Å².